The summed E-state index contributed by atoms with van der Waals surface area (Å²) < 4.78 is 1.09. The number of aryl methyl sites for hydroxylation is 3. The number of hydrogen-bond acceptors (Lipinski definition) is 1. The molecule has 0 fully saturated rings. The van der Waals surface area contributed by atoms with E-state index in [1.165, 1.54) is 20.9 Å². The minimum absolute atomic E-state index is 0.0660. The molecule has 1 atom stereocenters. The van der Waals surface area contributed by atoms with Crippen LogP contribution in [0.15, 0.2) is 28.7 Å². The monoisotopic (exact) mass is 328 g/mol. The van der Waals surface area contributed by atoms with Crippen molar-refractivity contribution in [3.05, 3.63) is 55.2 Å². The molecule has 0 spiro atoms. The lowest BCUT2D eigenvalue weighted by Crippen LogP contribution is -1.94. The second-order valence-electron chi connectivity index (χ2n) is 4.29. The zero-order valence-electron chi connectivity index (χ0n) is 10.1. The second-order valence-corrected chi connectivity index (χ2v) is 6.87. The third kappa shape index (κ3) is 2.75. The topological polar surface area (TPSA) is 0 Å². The largest absolute Gasteiger partial charge is 0.143 e. The van der Waals surface area contributed by atoms with Gasteiger partial charge in [0.1, 0.15) is 0 Å². The first-order chi connectivity index (χ1) is 7.99. The van der Waals surface area contributed by atoms with Crippen LogP contribution in [0, 0.1) is 20.8 Å². The summed E-state index contributed by atoms with van der Waals surface area (Å²) in [6, 6.07) is 8.51. The first-order valence-electron chi connectivity index (χ1n) is 5.46. The number of halogens is 2. The minimum atomic E-state index is -0.0660. The summed E-state index contributed by atoms with van der Waals surface area (Å²) in [6.07, 6.45) is 0. The maximum absolute atomic E-state index is 6.59. The number of alkyl halides is 1. The van der Waals surface area contributed by atoms with Crippen LogP contribution in [0.3, 0.4) is 0 Å². The van der Waals surface area contributed by atoms with Gasteiger partial charge in [-0.3, -0.25) is 0 Å². The van der Waals surface area contributed by atoms with Gasteiger partial charge in [-0.05, 0) is 49.6 Å². The van der Waals surface area contributed by atoms with Crippen LogP contribution in [0.2, 0.25) is 0 Å². The summed E-state index contributed by atoms with van der Waals surface area (Å²) in [6.45, 7) is 6.32. The lowest BCUT2D eigenvalue weighted by Gasteiger charge is -2.12. The predicted octanol–water partition coefficient (Wildman–Crippen LogP) is 5.76. The molecule has 1 aromatic carbocycles. The molecular formula is C14H14BrClS. The lowest BCUT2D eigenvalue weighted by molar-refractivity contribution is 1.14. The molecule has 1 aromatic heterocycles. The molecule has 0 aliphatic heterocycles. The van der Waals surface area contributed by atoms with Gasteiger partial charge in [0, 0.05) is 14.2 Å². The van der Waals surface area contributed by atoms with Crippen molar-refractivity contribution in [2.24, 2.45) is 0 Å². The highest BCUT2D eigenvalue weighted by molar-refractivity contribution is 9.10. The summed E-state index contributed by atoms with van der Waals surface area (Å²) >= 11 is 12.0. The molecule has 0 N–H and O–H groups in total. The molecule has 0 saturated heterocycles. The first-order valence-corrected chi connectivity index (χ1v) is 7.50. The maximum atomic E-state index is 6.59. The quantitative estimate of drug-likeness (QED) is 0.614. The van der Waals surface area contributed by atoms with Crippen LogP contribution >= 0.6 is 38.9 Å². The Hall–Kier alpha value is -0.310. The summed E-state index contributed by atoms with van der Waals surface area (Å²) in [7, 11) is 0. The fourth-order valence-corrected chi connectivity index (χ4v) is 4.27. The Morgan fingerprint density at radius 2 is 1.88 bits per heavy atom. The molecule has 0 saturated carbocycles. The van der Waals surface area contributed by atoms with Gasteiger partial charge >= 0.3 is 0 Å². The van der Waals surface area contributed by atoms with Crippen LogP contribution in [0.4, 0.5) is 0 Å². The molecule has 0 radical (unpaired) electrons. The summed E-state index contributed by atoms with van der Waals surface area (Å²) in [5.41, 5.74) is 3.66. The highest BCUT2D eigenvalue weighted by atomic mass is 79.9. The second kappa shape index (κ2) is 5.13. The normalized spacial score (nSPS) is 12.8. The van der Waals surface area contributed by atoms with Crippen molar-refractivity contribution >= 4 is 38.9 Å². The molecule has 2 aromatic rings. The van der Waals surface area contributed by atoms with Gasteiger partial charge in [-0.1, -0.05) is 28.1 Å². The molecule has 2 rings (SSSR count). The van der Waals surface area contributed by atoms with Crippen LogP contribution in [0.5, 0.6) is 0 Å². The van der Waals surface area contributed by atoms with Crippen molar-refractivity contribution in [1.29, 1.82) is 0 Å². The van der Waals surface area contributed by atoms with Crippen molar-refractivity contribution in [3.8, 4) is 0 Å². The highest BCUT2D eigenvalue weighted by Crippen LogP contribution is 2.39. The summed E-state index contributed by atoms with van der Waals surface area (Å²) in [4.78, 5) is 2.56. The molecule has 1 heterocycles. The SMILES string of the molecule is Cc1ccc(C(Cl)c2sc(C)cc2C)c(Br)c1. The molecule has 90 valence electrons. The van der Waals surface area contributed by atoms with E-state index in [0.717, 1.165) is 10.0 Å². The maximum Gasteiger partial charge on any atom is 0.0941 e. The third-order valence-electron chi connectivity index (χ3n) is 2.74. The van der Waals surface area contributed by atoms with Crippen molar-refractivity contribution in [2.45, 2.75) is 26.1 Å². The Balaban J connectivity index is 2.43. The van der Waals surface area contributed by atoms with Gasteiger partial charge < -0.3 is 0 Å². The molecule has 0 aliphatic rings. The van der Waals surface area contributed by atoms with Crippen LogP contribution in [-0.4, -0.2) is 0 Å². The van der Waals surface area contributed by atoms with Crippen LogP contribution in [-0.2, 0) is 0 Å². The smallest absolute Gasteiger partial charge is 0.0941 e. The van der Waals surface area contributed by atoms with Gasteiger partial charge in [-0.15, -0.1) is 22.9 Å². The van der Waals surface area contributed by atoms with Gasteiger partial charge in [0.05, 0.1) is 5.38 Å². The zero-order chi connectivity index (χ0) is 12.6. The van der Waals surface area contributed by atoms with E-state index in [1.807, 2.05) is 0 Å². The van der Waals surface area contributed by atoms with Gasteiger partial charge in [-0.2, -0.15) is 0 Å². The third-order valence-corrected chi connectivity index (χ3v) is 5.23. The van der Waals surface area contributed by atoms with E-state index in [0.29, 0.717) is 0 Å². The Kier molecular flexibility index (Phi) is 3.96. The van der Waals surface area contributed by atoms with E-state index >= 15 is 0 Å². The Morgan fingerprint density at radius 1 is 1.18 bits per heavy atom. The molecular weight excluding hydrogens is 316 g/mol. The van der Waals surface area contributed by atoms with E-state index in [1.54, 1.807) is 11.3 Å². The molecule has 1 unspecified atom stereocenters. The molecule has 0 aliphatic carbocycles. The standard InChI is InChI=1S/C14H14BrClS/c1-8-4-5-11(12(15)6-8)13(16)14-9(2)7-10(3)17-14/h4-7,13H,1-3H3. The van der Waals surface area contributed by atoms with Crippen molar-refractivity contribution < 1.29 is 0 Å². The Morgan fingerprint density at radius 3 is 2.41 bits per heavy atom. The predicted molar refractivity (Wildman–Crippen MR) is 80.4 cm³/mol. The summed E-state index contributed by atoms with van der Waals surface area (Å²) in [5, 5.41) is -0.0660. The van der Waals surface area contributed by atoms with Crippen molar-refractivity contribution in [3.63, 3.8) is 0 Å². The van der Waals surface area contributed by atoms with Gasteiger partial charge in [-0.25, -0.2) is 0 Å². The van der Waals surface area contributed by atoms with E-state index in [-0.39, 0.29) is 5.38 Å². The Bertz CT molecular complexity index is 545. The van der Waals surface area contributed by atoms with E-state index in [9.17, 15) is 0 Å². The van der Waals surface area contributed by atoms with E-state index < -0.39 is 0 Å². The fraction of sp³-hybridized carbons (Fsp3) is 0.286. The minimum Gasteiger partial charge on any atom is -0.143 e. The number of hydrogen-bond donors (Lipinski definition) is 0. The van der Waals surface area contributed by atoms with Gasteiger partial charge in [0.25, 0.3) is 0 Å². The number of thiophene rings is 1. The molecule has 0 nitrogen and oxygen atoms in total. The Labute approximate surface area is 120 Å². The van der Waals surface area contributed by atoms with Crippen LogP contribution in [0.1, 0.15) is 31.8 Å². The van der Waals surface area contributed by atoms with Crippen LogP contribution in [0.25, 0.3) is 0 Å². The molecule has 0 amide bonds. The van der Waals surface area contributed by atoms with E-state index in [4.69, 9.17) is 11.6 Å². The fourth-order valence-electron chi connectivity index (χ4n) is 1.89. The molecule has 3 heteroatoms. The molecule has 0 bridgehead atoms. The van der Waals surface area contributed by atoms with Gasteiger partial charge in [0.2, 0.25) is 0 Å². The zero-order valence-corrected chi connectivity index (χ0v) is 13.2. The van der Waals surface area contributed by atoms with Crippen LogP contribution < -0.4 is 0 Å². The van der Waals surface area contributed by atoms with Crippen molar-refractivity contribution in [1.82, 2.24) is 0 Å². The van der Waals surface area contributed by atoms with Gasteiger partial charge in [0.15, 0.2) is 0 Å². The average Bonchev–Trinajstić information content (AvgIpc) is 2.57. The lowest BCUT2D eigenvalue weighted by atomic mass is 10.1. The first kappa shape index (κ1) is 13.1. The number of rotatable bonds is 2. The molecule has 17 heavy (non-hydrogen) atoms. The summed E-state index contributed by atoms with van der Waals surface area (Å²) in [5.74, 6) is 0. The van der Waals surface area contributed by atoms with E-state index in [2.05, 4.69) is 61.0 Å². The highest BCUT2D eigenvalue weighted by Gasteiger charge is 2.18. The number of benzene rings is 1. The average molecular weight is 330 g/mol. The van der Waals surface area contributed by atoms with Crippen molar-refractivity contribution in [2.75, 3.05) is 0 Å².